The molecule has 3 aromatic carbocycles. The molecule has 5 nitrogen and oxygen atoms in total. The van der Waals surface area contributed by atoms with Crippen molar-refractivity contribution in [2.45, 2.75) is 6.42 Å². The van der Waals surface area contributed by atoms with Gasteiger partial charge in [-0.15, -0.1) is 0 Å². The van der Waals surface area contributed by atoms with Crippen molar-refractivity contribution in [2.75, 3.05) is 7.11 Å². The molecule has 0 aliphatic rings. The maximum atomic E-state index is 11.2. The van der Waals surface area contributed by atoms with E-state index in [4.69, 9.17) is 4.74 Å². The van der Waals surface area contributed by atoms with E-state index in [9.17, 15) is 15.5 Å². The zero-order valence-electron chi connectivity index (χ0n) is 13.8. The van der Waals surface area contributed by atoms with E-state index in [1.165, 1.54) is 0 Å². The van der Waals surface area contributed by atoms with E-state index in [1.807, 2.05) is 36.4 Å². The van der Waals surface area contributed by atoms with E-state index < -0.39 is 5.23 Å². The first-order valence-corrected chi connectivity index (χ1v) is 7.85. The molecule has 25 heavy (non-hydrogen) atoms. The maximum Gasteiger partial charge on any atom is 0.164 e. The van der Waals surface area contributed by atoms with E-state index in [-0.39, 0.29) is 11.4 Å². The fourth-order valence-electron chi connectivity index (χ4n) is 2.81. The van der Waals surface area contributed by atoms with Gasteiger partial charge in [0, 0.05) is 17.7 Å². The molecule has 0 radical (unpaired) electrons. The van der Waals surface area contributed by atoms with Gasteiger partial charge in [0.25, 0.3) is 0 Å². The number of ether oxygens (including phenoxy) is 1. The zero-order chi connectivity index (χ0) is 17.8. The number of phenols is 1. The highest BCUT2D eigenvalue weighted by Crippen LogP contribution is 2.32. The van der Waals surface area contributed by atoms with Gasteiger partial charge < -0.3 is 15.1 Å². The second-order valence-corrected chi connectivity index (χ2v) is 5.77. The van der Waals surface area contributed by atoms with Crippen molar-refractivity contribution >= 4 is 5.69 Å². The number of rotatable bonds is 5. The first-order valence-electron chi connectivity index (χ1n) is 7.85. The number of aromatic hydroxyl groups is 1. The summed E-state index contributed by atoms with van der Waals surface area (Å²) in [6.07, 6.45) is 0.657. The van der Waals surface area contributed by atoms with Crippen molar-refractivity contribution in [1.29, 1.82) is 0 Å². The lowest BCUT2D eigenvalue weighted by molar-refractivity contribution is -0.991. The first-order chi connectivity index (χ1) is 12.1. The third-order valence-electron chi connectivity index (χ3n) is 4.00. The predicted octanol–water partition coefficient (Wildman–Crippen LogP) is 3.06. The molecule has 0 aliphatic carbocycles. The minimum Gasteiger partial charge on any atom is -0.595 e. The SMILES string of the molecule is COc1ccc(Cc2cccc(O)c2)cc1-c1cccc([NH+]([O-])O)c1. The molecule has 0 saturated carbocycles. The van der Waals surface area contributed by atoms with Crippen LogP contribution in [0.5, 0.6) is 11.5 Å². The molecule has 3 rings (SSSR count). The molecule has 0 aliphatic heterocycles. The van der Waals surface area contributed by atoms with Gasteiger partial charge in [-0.3, -0.25) is 0 Å². The van der Waals surface area contributed by atoms with E-state index in [0.717, 1.165) is 22.3 Å². The largest absolute Gasteiger partial charge is 0.595 e. The van der Waals surface area contributed by atoms with Crippen LogP contribution in [0, 0.1) is 5.21 Å². The predicted molar refractivity (Wildman–Crippen MR) is 95.1 cm³/mol. The number of phenolic OH excluding ortho intramolecular Hbond substituents is 1. The van der Waals surface area contributed by atoms with E-state index in [0.29, 0.717) is 12.2 Å². The van der Waals surface area contributed by atoms with Crippen LogP contribution in [0.1, 0.15) is 11.1 Å². The Bertz CT molecular complexity index is 877. The molecule has 0 aromatic heterocycles. The molecule has 0 heterocycles. The van der Waals surface area contributed by atoms with Crippen LogP contribution < -0.4 is 9.96 Å². The summed E-state index contributed by atoms with van der Waals surface area (Å²) in [5, 5.41) is 29.1. The Morgan fingerprint density at radius 3 is 2.44 bits per heavy atom. The Labute approximate surface area is 145 Å². The minimum atomic E-state index is -0.961. The Morgan fingerprint density at radius 1 is 0.960 bits per heavy atom. The lowest BCUT2D eigenvalue weighted by atomic mass is 9.98. The third kappa shape index (κ3) is 3.97. The lowest BCUT2D eigenvalue weighted by Gasteiger charge is -2.15. The molecular weight excluding hydrogens is 318 g/mol. The van der Waals surface area contributed by atoms with E-state index >= 15 is 0 Å². The van der Waals surface area contributed by atoms with Crippen molar-refractivity contribution in [3.05, 3.63) is 83.1 Å². The van der Waals surface area contributed by atoms with Gasteiger partial charge in [0.1, 0.15) is 11.5 Å². The molecule has 0 spiro atoms. The van der Waals surface area contributed by atoms with Gasteiger partial charge in [-0.25, -0.2) is 5.21 Å². The van der Waals surface area contributed by atoms with Crippen LogP contribution in [0.3, 0.4) is 0 Å². The number of hydrogen-bond acceptors (Lipinski definition) is 4. The zero-order valence-corrected chi connectivity index (χ0v) is 13.8. The average Bonchev–Trinajstić information content (AvgIpc) is 2.62. The lowest BCUT2D eigenvalue weighted by Crippen LogP contribution is -2.99. The van der Waals surface area contributed by atoms with Crippen LogP contribution in [0.15, 0.2) is 66.7 Å². The summed E-state index contributed by atoms with van der Waals surface area (Å²) >= 11 is 0. The Kier molecular flexibility index (Phi) is 5.00. The van der Waals surface area contributed by atoms with Gasteiger partial charge in [0.15, 0.2) is 5.69 Å². The van der Waals surface area contributed by atoms with Gasteiger partial charge in [-0.2, -0.15) is 5.23 Å². The molecule has 0 amide bonds. The van der Waals surface area contributed by atoms with Crippen molar-refractivity contribution < 1.29 is 20.3 Å². The van der Waals surface area contributed by atoms with Gasteiger partial charge >= 0.3 is 0 Å². The number of nitrogens with one attached hydrogen (secondary N) is 1. The molecule has 3 aromatic rings. The Morgan fingerprint density at radius 2 is 1.72 bits per heavy atom. The van der Waals surface area contributed by atoms with Gasteiger partial charge in [-0.05, 0) is 47.4 Å². The fraction of sp³-hybridized carbons (Fsp3) is 0.100. The Hall–Kier alpha value is -2.86. The summed E-state index contributed by atoms with van der Waals surface area (Å²) in [5.74, 6) is 0.919. The van der Waals surface area contributed by atoms with Crippen LogP contribution >= 0.6 is 0 Å². The molecule has 0 saturated heterocycles. The number of methoxy groups -OCH3 is 1. The number of hydrogen-bond donors (Lipinski definition) is 3. The topological polar surface area (TPSA) is 77.2 Å². The monoisotopic (exact) mass is 337 g/mol. The molecule has 1 atom stereocenters. The van der Waals surface area contributed by atoms with Crippen molar-refractivity contribution in [3.8, 4) is 22.6 Å². The number of quaternary nitrogens is 1. The summed E-state index contributed by atoms with van der Waals surface area (Å²) in [4.78, 5) is 0. The van der Waals surface area contributed by atoms with Crippen LogP contribution in [-0.4, -0.2) is 17.4 Å². The van der Waals surface area contributed by atoms with Crippen LogP contribution in [0.2, 0.25) is 0 Å². The molecule has 128 valence electrons. The van der Waals surface area contributed by atoms with Gasteiger partial charge in [0.2, 0.25) is 0 Å². The second kappa shape index (κ2) is 7.36. The number of benzene rings is 3. The summed E-state index contributed by atoms with van der Waals surface area (Å²) in [7, 11) is 1.59. The summed E-state index contributed by atoms with van der Waals surface area (Å²) < 4.78 is 5.44. The standard InChI is InChI=1S/C20H19NO4/c1-25-20-9-8-15(10-14-4-2-7-18(22)11-14)12-19(20)16-5-3-6-17(13-16)21(23)24/h2-9,11-13,21-23H,10H2,1H3. The molecule has 1 unspecified atom stereocenters. The third-order valence-corrected chi connectivity index (χ3v) is 4.00. The van der Waals surface area contributed by atoms with Crippen LogP contribution in [0.4, 0.5) is 5.69 Å². The first kappa shape index (κ1) is 17.0. The van der Waals surface area contributed by atoms with Gasteiger partial charge in [0.05, 0.1) is 7.11 Å². The highest BCUT2D eigenvalue weighted by Gasteiger charge is 2.10. The smallest absolute Gasteiger partial charge is 0.164 e. The summed E-state index contributed by atoms with van der Waals surface area (Å²) in [5.41, 5.74) is 3.90. The van der Waals surface area contributed by atoms with Crippen molar-refractivity contribution in [2.24, 2.45) is 0 Å². The van der Waals surface area contributed by atoms with Crippen molar-refractivity contribution in [1.82, 2.24) is 0 Å². The van der Waals surface area contributed by atoms with Gasteiger partial charge in [-0.1, -0.05) is 30.3 Å². The molecule has 0 bridgehead atoms. The van der Waals surface area contributed by atoms with Crippen LogP contribution in [0.25, 0.3) is 11.1 Å². The van der Waals surface area contributed by atoms with Crippen LogP contribution in [-0.2, 0) is 6.42 Å². The average molecular weight is 337 g/mol. The second-order valence-electron chi connectivity index (χ2n) is 5.77. The highest BCUT2D eigenvalue weighted by molar-refractivity contribution is 5.73. The molecule has 3 N–H and O–H groups in total. The Balaban J connectivity index is 1.99. The molecule has 0 fully saturated rings. The highest BCUT2D eigenvalue weighted by atomic mass is 16.8. The molecule has 5 heteroatoms. The normalized spacial score (nSPS) is 12.0. The quantitative estimate of drug-likeness (QED) is 0.625. The maximum absolute atomic E-state index is 11.2. The summed E-state index contributed by atoms with van der Waals surface area (Å²) in [6, 6.07) is 19.8. The molecular formula is C20H19NO4. The fourth-order valence-corrected chi connectivity index (χ4v) is 2.81. The minimum absolute atomic E-state index is 0.234. The summed E-state index contributed by atoms with van der Waals surface area (Å²) in [6.45, 7) is 0. The van der Waals surface area contributed by atoms with E-state index in [2.05, 4.69) is 0 Å². The van der Waals surface area contributed by atoms with E-state index in [1.54, 1.807) is 37.4 Å². The van der Waals surface area contributed by atoms with Crippen molar-refractivity contribution in [3.63, 3.8) is 0 Å².